The molecule has 0 radical (unpaired) electrons. The lowest BCUT2D eigenvalue weighted by Gasteiger charge is -2.32. The van der Waals surface area contributed by atoms with Crippen LogP contribution in [0.4, 0.5) is 4.79 Å². The van der Waals surface area contributed by atoms with Crippen molar-refractivity contribution >= 4 is 29.0 Å². The molecular weight excluding hydrogens is 516 g/mol. The van der Waals surface area contributed by atoms with Gasteiger partial charge < -0.3 is 29.2 Å². The van der Waals surface area contributed by atoms with Gasteiger partial charge in [0.2, 0.25) is 5.88 Å². The smallest absolute Gasteiger partial charge is 0.411 e. The fourth-order valence-corrected chi connectivity index (χ4v) is 4.49. The van der Waals surface area contributed by atoms with Crippen LogP contribution in [-0.4, -0.2) is 76.3 Å². The van der Waals surface area contributed by atoms with Gasteiger partial charge in [0.25, 0.3) is 0 Å². The molecule has 1 saturated heterocycles. The summed E-state index contributed by atoms with van der Waals surface area (Å²) in [6.45, 7) is 13.0. The van der Waals surface area contributed by atoms with Crippen LogP contribution in [0.3, 0.4) is 0 Å². The molecule has 1 aliphatic rings. The zero-order valence-corrected chi connectivity index (χ0v) is 24.7. The van der Waals surface area contributed by atoms with Gasteiger partial charge in [-0.1, -0.05) is 26.0 Å². The first kappa shape index (κ1) is 31.0. The second kappa shape index (κ2) is 11.9. The Labute approximate surface area is 235 Å². The third kappa shape index (κ3) is 7.15. The Morgan fingerprint density at radius 2 is 1.88 bits per heavy atom. The number of likely N-dealkylation sites (tertiary alicyclic amines) is 1. The zero-order valence-electron chi connectivity index (χ0n) is 24.7. The van der Waals surface area contributed by atoms with Gasteiger partial charge in [-0.25, -0.2) is 14.6 Å². The van der Waals surface area contributed by atoms with E-state index in [9.17, 15) is 19.8 Å². The molecule has 3 rings (SSSR count). The number of carboxylic acid groups (broad SMARTS) is 1. The van der Waals surface area contributed by atoms with Crippen LogP contribution in [0.25, 0.3) is 17.0 Å². The molecule has 1 fully saturated rings. The largest absolute Gasteiger partial charge is 0.496 e. The molecule has 0 aliphatic carbocycles. The van der Waals surface area contributed by atoms with Crippen molar-refractivity contribution < 1.29 is 38.7 Å². The van der Waals surface area contributed by atoms with E-state index in [-0.39, 0.29) is 25.0 Å². The van der Waals surface area contributed by atoms with E-state index in [1.54, 1.807) is 40.0 Å². The molecule has 2 aromatic rings. The van der Waals surface area contributed by atoms with Gasteiger partial charge >= 0.3 is 12.1 Å². The van der Waals surface area contributed by atoms with Crippen LogP contribution in [-0.2, 0) is 9.53 Å². The lowest BCUT2D eigenvalue weighted by molar-refractivity contribution is -0.148. The van der Waals surface area contributed by atoms with Crippen molar-refractivity contribution in [1.82, 2.24) is 9.88 Å². The Balaban J connectivity index is 2.02. The molecule has 1 amide bonds. The third-order valence-electron chi connectivity index (χ3n) is 6.76. The number of carbonyl (C=O) groups excluding carboxylic acids is 1. The highest BCUT2D eigenvalue weighted by Crippen LogP contribution is 2.38. The third-order valence-corrected chi connectivity index (χ3v) is 6.76. The Bertz CT molecular complexity index is 1270. The number of allylic oxidation sites excluding steroid dienone is 1. The normalized spacial score (nSPS) is 19.7. The summed E-state index contributed by atoms with van der Waals surface area (Å²) in [5.41, 5.74) is -1.18. The Morgan fingerprint density at radius 3 is 2.45 bits per heavy atom. The van der Waals surface area contributed by atoms with Crippen molar-refractivity contribution in [3.8, 4) is 17.4 Å². The second-order valence-corrected chi connectivity index (χ2v) is 12.0. The summed E-state index contributed by atoms with van der Waals surface area (Å²) in [6.07, 6.45) is 3.30. The first-order chi connectivity index (χ1) is 18.6. The monoisotopic (exact) mass is 558 g/mol. The van der Waals surface area contributed by atoms with Gasteiger partial charge in [-0.15, -0.1) is 0 Å². The number of aliphatic hydroxyl groups is 1. The number of amides is 1. The highest BCUT2D eigenvalue weighted by molar-refractivity contribution is 5.90. The predicted molar refractivity (Wildman–Crippen MR) is 152 cm³/mol. The minimum atomic E-state index is -1.50. The molecule has 10 nitrogen and oxygen atoms in total. The van der Waals surface area contributed by atoms with Gasteiger partial charge in [-0.3, -0.25) is 4.90 Å². The number of benzene rings is 1. The summed E-state index contributed by atoms with van der Waals surface area (Å²) in [5, 5.41) is 20.3. The molecule has 1 aromatic carbocycles. The van der Waals surface area contributed by atoms with Crippen LogP contribution < -0.4 is 14.2 Å². The first-order valence-electron chi connectivity index (χ1n) is 13.5. The molecule has 0 bridgehead atoms. The molecule has 2 N–H and O–H groups in total. The van der Waals surface area contributed by atoms with E-state index in [4.69, 9.17) is 18.9 Å². The topological polar surface area (TPSA) is 128 Å². The maximum Gasteiger partial charge on any atom is 0.411 e. The van der Waals surface area contributed by atoms with E-state index in [1.807, 2.05) is 39.0 Å². The van der Waals surface area contributed by atoms with E-state index >= 15 is 0 Å². The van der Waals surface area contributed by atoms with Crippen LogP contribution >= 0.6 is 0 Å². The quantitative estimate of drug-likeness (QED) is 0.399. The number of methoxy groups -OCH3 is 1. The van der Waals surface area contributed by atoms with Crippen molar-refractivity contribution in [1.29, 1.82) is 0 Å². The van der Waals surface area contributed by atoms with Crippen molar-refractivity contribution in [3.63, 3.8) is 0 Å². The molecule has 1 aliphatic heterocycles. The number of rotatable bonds is 10. The van der Waals surface area contributed by atoms with Crippen LogP contribution in [0.2, 0.25) is 0 Å². The fourth-order valence-electron chi connectivity index (χ4n) is 4.49. The highest BCUT2D eigenvalue weighted by Gasteiger charge is 2.52. The maximum absolute atomic E-state index is 13.0. The molecule has 0 saturated carbocycles. The molecule has 2 heterocycles. The number of hydrogen-bond acceptors (Lipinski definition) is 8. The summed E-state index contributed by atoms with van der Waals surface area (Å²) < 4.78 is 23.2. The van der Waals surface area contributed by atoms with Crippen LogP contribution in [0.1, 0.15) is 66.9 Å². The summed E-state index contributed by atoms with van der Waals surface area (Å²) in [4.78, 5) is 31.1. The first-order valence-corrected chi connectivity index (χ1v) is 13.5. The Kier molecular flexibility index (Phi) is 9.24. The second-order valence-electron chi connectivity index (χ2n) is 12.0. The van der Waals surface area contributed by atoms with E-state index in [1.165, 1.54) is 11.8 Å². The molecule has 1 aromatic heterocycles. The van der Waals surface area contributed by atoms with Gasteiger partial charge in [-0.2, -0.15) is 0 Å². The number of carboxylic acids is 1. The standard InChI is InChI=1S/C30H42N2O8/c1-9-38-25-15-24(39-20-16-30(7,26(34)35)32(17-20)27(36)40-28(2,3)4)21-13-19(11-10-12-29(5,6)18-33)23(37-8)14-22(21)31-25/h10-11,13-15,20,33H,9,12,16-18H2,1-8H3,(H,34,35)/t20-,30+/m1/s1. The minimum absolute atomic E-state index is 0.0324. The number of aromatic nitrogens is 1. The van der Waals surface area contributed by atoms with E-state index in [2.05, 4.69) is 4.98 Å². The molecule has 220 valence electrons. The van der Waals surface area contributed by atoms with Crippen LogP contribution in [0.15, 0.2) is 24.3 Å². The average Bonchev–Trinajstić information content (AvgIpc) is 3.20. The van der Waals surface area contributed by atoms with Crippen molar-refractivity contribution in [2.24, 2.45) is 5.41 Å². The molecule has 0 spiro atoms. The molecule has 40 heavy (non-hydrogen) atoms. The number of aliphatic carboxylic acids is 1. The fraction of sp³-hybridized carbons (Fsp3) is 0.567. The Hall–Kier alpha value is -3.53. The number of fused-ring (bicyclic) bond motifs is 1. The number of ether oxygens (including phenoxy) is 4. The predicted octanol–water partition coefficient (Wildman–Crippen LogP) is 5.30. The van der Waals surface area contributed by atoms with Crippen molar-refractivity contribution in [2.75, 3.05) is 26.9 Å². The van der Waals surface area contributed by atoms with E-state index < -0.39 is 29.3 Å². The lowest BCUT2D eigenvalue weighted by atomic mass is 9.90. The summed E-state index contributed by atoms with van der Waals surface area (Å²) >= 11 is 0. The van der Waals surface area contributed by atoms with Gasteiger partial charge in [-0.05, 0) is 52.5 Å². The Morgan fingerprint density at radius 1 is 1.18 bits per heavy atom. The summed E-state index contributed by atoms with van der Waals surface area (Å²) in [6, 6.07) is 5.37. The average molecular weight is 559 g/mol. The maximum atomic E-state index is 13.0. The van der Waals surface area contributed by atoms with Crippen LogP contribution in [0.5, 0.6) is 17.4 Å². The number of carbonyl (C=O) groups is 2. The van der Waals surface area contributed by atoms with E-state index in [0.29, 0.717) is 41.3 Å². The van der Waals surface area contributed by atoms with Gasteiger partial charge in [0.1, 0.15) is 28.7 Å². The van der Waals surface area contributed by atoms with Crippen molar-refractivity contribution in [3.05, 3.63) is 29.8 Å². The summed E-state index contributed by atoms with van der Waals surface area (Å²) in [5.74, 6) is 0.267. The summed E-state index contributed by atoms with van der Waals surface area (Å²) in [7, 11) is 1.58. The highest BCUT2D eigenvalue weighted by atomic mass is 16.6. The SMILES string of the molecule is CCOc1cc(O[C@H]2CN(C(=O)OC(C)(C)C)[C@](C)(C(=O)O)C2)c2cc(C=CCC(C)(C)CO)c(OC)cc2n1. The van der Waals surface area contributed by atoms with Crippen molar-refractivity contribution in [2.45, 2.75) is 78.6 Å². The zero-order chi connectivity index (χ0) is 29.9. The van der Waals surface area contributed by atoms with Gasteiger partial charge in [0.05, 0.1) is 25.8 Å². The minimum Gasteiger partial charge on any atom is -0.496 e. The molecule has 10 heteroatoms. The van der Waals surface area contributed by atoms with Gasteiger partial charge in [0, 0.05) is 36.1 Å². The molecule has 2 atom stereocenters. The molecule has 0 unspecified atom stereocenters. The van der Waals surface area contributed by atoms with Gasteiger partial charge in [0.15, 0.2) is 0 Å². The lowest BCUT2D eigenvalue weighted by Crippen LogP contribution is -2.52. The number of nitrogens with zero attached hydrogens (tertiary/aromatic N) is 2. The number of hydrogen-bond donors (Lipinski definition) is 2. The van der Waals surface area contributed by atoms with Crippen LogP contribution in [0, 0.1) is 5.41 Å². The molecular formula is C30H42N2O8. The van der Waals surface area contributed by atoms with E-state index in [0.717, 1.165) is 5.56 Å². The number of pyridine rings is 1. The number of aliphatic hydroxyl groups excluding tert-OH is 1.